The minimum absolute atomic E-state index is 0.0341. The number of hydrogen-bond acceptors (Lipinski definition) is 8. The van der Waals surface area contributed by atoms with E-state index in [0.29, 0.717) is 22.6 Å². The summed E-state index contributed by atoms with van der Waals surface area (Å²) >= 11 is 0. The molecule has 3 N–H and O–H groups in total. The smallest absolute Gasteiger partial charge is 0.270 e. The molecule has 0 spiro atoms. The van der Waals surface area contributed by atoms with Crippen molar-refractivity contribution in [1.82, 2.24) is 0 Å². The van der Waals surface area contributed by atoms with Gasteiger partial charge in [-0.15, -0.1) is 0 Å². The minimum atomic E-state index is -4.19. The van der Waals surface area contributed by atoms with Gasteiger partial charge in [0.05, 0.1) is 29.6 Å². The maximum Gasteiger partial charge on any atom is 0.270 e. The largest absolute Gasteiger partial charge is 0.504 e. The molecule has 10 nitrogen and oxygen atoms in total. The fourth-order valence-corrected chi connectivity index (χ4v) is 4.34. The van der Waals surface area contributed by atoms with Gasteiger partial charge in [-0.1, -0.05) is 17.7 Å². The number of non-ortho nitro benzene ring substituents is 1. The van der Waals surface area contributed by atoms with E-state index in [9.17, 15) is 23.6 Å². The van der Waals surface area contributed by atoms with Crippen LogP contribution in [0.4, 0.5) is 17.1 Å². The third-order valence-corrected chi connectivity index (χ3v) is 6.10. The van der Waals surface area contributed by atoms with Crippen LogP contribution in [-0.2, 0) is 10.0 Å². The molecule has 0 atom stereocenters. The number of nitro groups is 1. The highest BCUT2D eigenvalue weighted by molar-refractivity contribution is 7.92. The van der Waals surface area contributed by atoms with Gasteiger partial charge in [-0.25, -0.2) is 8.42 Å². The van der Waals surface area contributed by atoms with Gasteiger partial charge < -0.3 is 9.84 Å². The van der Waals surface area contributed by atoms with Crippen LogP contribution in [0.2, 0.25) is 0 Å². The molecule has 0 unspecified atom stereocenters. The van der Waals surface area contributed by atoms with E-state index in [0.717, 1.165) is 11.6 Å². The van der Waals surface area contributed by atoms with Crippen LogP contribution in [0.3, 0.4) is 0 Å². The van der Waals surface area contributed by atoms with E-state index in [4.69, 9.17) is 4.74 Å². The Bertz CT molecular complexity index is 1340. The Kier molecular flexibility index (Phi) is 6.83. The first-order chi connectivity index (χ1) is 15.6. The van der Waals surface area contributed by atoms with Crippen LogP contribution in [0.25, 0.3) is 0 Å². The Hall–Kier alpha value is -4.12. The van der Waals surface area contributed by atoms with Crippen LogP contribution in [0.5, 0.6) is 11.5 Å². The molecule has 0 aliphatic heterocycles. The summed E-state index contributed by atoms with van der Waals surface area (Å²) in [7, 11) is -2.77. The number of ether oxygens (including phenoxy) is 1. The molecule has 0 radical (unpaired) electrons. The van der Waals surface area contributed by atoms with Crippen molar-refractivity contribution in [2.75, 3.05) is 17.3 Å². The highest BCUT2D eigenvalue weighted by Gasteiger charge is 2.23. The van der Waals surface area contributed by atoms with Gasteiger partial charge in [0.2, 0.25) is 0 Å². The topological polar surface area (TPSA) is 143 Å². The van der Waals surface area contributed by atoms with E-state index in [-0.39, 0.29) is 22.0 Å². The normalized spacial score (nSPS) is 11.4. The number of nitrogens with one attached hydrogen (secondary N) is 2. The van der Waals surface area contributed by atoms with Gasteiger partial charge in [0.15, 0.2) is 11.5 Å². The lowest BCUT2D eigenvalue weighted by Crippen LogP contribution is -2.16. The maximum atomic E-state index is 13.1. The first kappa shape index (κ1) is 23.5. The number of rotatable bonds is 8. The Labute approximate surface area is 190 Å². The third-order valence-electron chi connectivity index (χ3n) is 4.69. The van der Waals surface area contributed by atoms with Gasteiger partial charge in [-0.2, -0.15) is 5.10 Å². The number of aryl methyl sites for hydroxylation is 2. The summed E-state index contributed by atoms with van der Waals surface area (Å²) in [6.07, 6.45) is 1.36. The lowest BCUT2D eigenvalue weighted by Gasteiger charge is -2.14. The van der Waals surface area contributed by atoms with Crippen molar-refractivity contribution in [3.8, 4) is 11.5 Å². The Balaban J connectivity index is 1.94. The molecular formula is C22H22N4O6S. The highest BCUT2D eigenvalue weighted by Crippen LogP contribution is 2.30. The summed E-state index contributed by atoms with van der Waals surface area (Å²) in [5.41, 5.74) is 4.80. The standard InChI is InChI=1S/C22H22N4O6S/c1-14-4-7-18(15(2)10-14)25-33(30,31)22-12-17(26(28)29)6-8-19(22)24-23-13-16-5-9-21(32-3)20(27)11-16/h4-13,24-25,27H,1-3H3. The molecule has 0 saturated carbocycles. The van der Waals surface area contributed by atoms with E-state index in [2.05, 4.69) is 15.2 Å². The van der Waals surface area contributed by atoms with Crippen LogP contribution in [0.15, 0.2) is 64.6 Å². The Morgan fingerprint density at radius 2 is 1.79 bits per heavy atom. The third kappa shape index (κ3) is 5.57. The number of hydrogen-bond donors (Lipinski definition) is 3. The zero-order valence-corrected chi connectivity index (χ0v) is 18.9. The van der Waals surface area contributed by atoms with E-state index < -0.39 is 14.9 Å². The van der Waals surface area contributed by atoms with Gasteiger partial charge in [0.25, 0.3) is 15.7 Å². The predicted octanol–water partition coefficient (Wildman–Crippen LogP) is 4.17. The lowest BCUT2D eigenvalue weighted by atomic mass is 10.1. The number of nitrogens with zero attached hydrogens (tertiary/aromatic N) is 2. The molecule has 0 fully saturated rings. The van der Waals surface area contributed by atoms with Crippen LogP contribution in [-0.4, -0.2) is 31.8 Å². The summed E-state index contributed by atoms with van der Waals surface area (Å²) in [5.74, 6) is 0.207. The van der Waals surface area contributed by atoms with Gasteiger partial charge >= 0.3 is 0 Å². The second-order valence-electron chi connectivity index (χ2n) is 7.16. The molecule has 0 saturated heterocycles. The summed E-state index contributed by atoms with van der Waals surface area (Å²) in [4.78, 5) is 10.2. The maximum absolute atomic E-state index is 13.1. The molecule has 172 valence electrons. The summed E-state index contributed by atoms with van der Waals surface area (Å²) < 4.78 is 33.7. The molecule has 33 heavy (non-hydrogen) atoms. The van der Waals surface area contributed by atoms with Crippen molar-refractivity contribution < 1.29 is 23.2 Å². The Morgan fingerprint density at radius 1 is 1.06 bits per heavy atom. The molecule has 0 aliphatic rings. The number of phenols is 1. The van der Waals surface area contributed by atoms with Crippen LogP contribution in [0, 0.1) is 24.0 Å². The van der Waals surface area contributed by atoms with Crippen LogP contribution < -0.4 is 14.9 Å². The number of benzene rings is 3. The average Bonchev–Trinajstić information content (AvgIpc) is 2.76. The molecule has 0 heterocycles. The number of nitro benzene ring substituents is 1. The summed E-state index contributed by atoms with van der Waals surface area (Å²) in [5, 5.41) is 25.1. The Morgan fingerprint density at radius 3 is 2.42 bits per heavy atom. The number of anilines is 2. The molecular weight excluding hydrogens is 448 g/mol. The van der Waals surface area contributed by atoms with E-state index in [1.165, 1.54) is 31.5 Å². The molecule has 0 aliphatic carbocycles. The quantitative estimate of drug-likeness (QED) is 0.255. The van der Waals surface area contributed by atoms with Gasteiger partial charge in [-0.05, 0) is 55.3 Å². The predicted molar refractivity (Wildman–Crippen MR) is 126 cm³/mol. The first-order valence-corrected chi connectivity index (χ1v) is 11.1. The molecule has 0 aromatic heterocycles. The van der Waals surface area contributed by atoms with Gasteiger partial charge in [0.1, 0.15) is 4.90 Å². The van der Waals surface area contributed by atoms with E-state index in [1.54, 1.807) is 31.2 Å². The lowest BCUT2D eigenvalue weighted by molar-refractivity contribution is -0.385. The minimum Gasteiger partial charge on any atom is -0.504 e. The van der Waals surface area contributed by atoms with Crippen molar-refractivity contribution in [3.63, 3.8) is 0 Å². The molecule has 3 aromatic rings. The molecule has 0 bridgehead atoms. The second-order valence-corrected chi connectivity index (χ2v) is 8.81. The van der Waals surface area contributed by atoms with Crippen molar-refractivity contribution >= 4 is 33.3 Å². The molecule has 3 aromatic carbocycles. The second kappa shape index (κ2) is 9.57. The monoisotopic (exact) mass is 470 g/mol. The number of phenolic OH excluding ortho intramolecular Hbond substituents is 1. The number of methoxy groups -OCH3 is 1. The fraction of sp³-hybridized carbons (Fsp3) is 0.136. The molecule has 3 rings (SSSR count). The van der Waals surface area contributed by atoms with E-state index >= 15 is 0 Å². The van der Waals surface area contributed by atoms with Crippen molar-refractivity contribution in [2.24, 2.45) is 5.10 Å². The molecule has 0 amide bonds. The van der Waals surface area contributed by atoms with Crippen molar-refractivity contribution in [3.05, 3.63) is 81.4 Å². The summed E-state index contributed by atoms with van der Waals surface area (Å²) in [6, 6.07) is 13.2. The summed E-state index contributed by atoms with van der Waals surface area (Å²) in [6.45, 7) is 3.64. The average molecular weight is 471 g/mol. The number of hydrazone groups is 1. The van der Waals surface area contributed by atoms with Crippen LogP contribution in [0.1, 0.15) is 16.7 Å². The number of aromatic hydroxyl groups is 1. The number of sulfonamides is 1. The first-order valence-electron chi connectivity index (χ1n) is 9.65. The zero-order chi connectivity index (χ0) is 24.2. The van der Waals surface area contributed by atoms with Gasteiger partial charge in [0, 0.05) is 12.1 Å². The van der Waals surface area contributed by atoms with Crippen LogP contribution >= 0.6 is 0 Å². The molecule has 11 heteroatoms. The van der Waals surface area contributed by atoms with Gasteiger partial charge in [-0.3, -0.25) is 20.3 Å². The van der Waals surface area contributed by atoms with Crippen molar-refractivity contribution in [2.45, 2.75) is 18.7 Å². The fourth-order valence-electron chi connectivity index (χ4n) is 3.03. The highest BCUT2D eigenvalue weighted by atomic mass is 32.2. The zero-order valence-electron chi connectivity index (χ0n) is 18.1. The van der Waals surface area contributed by atoms with Crippen molar-refractivity contribution in [1.29, 1.82) is 0 Å². The van der Waals surface area contributed by atoms with E-state index in [1.807, 2.05) is 13.0 Å². The SMILES string of the molecule is COc1ccc(C=NNc2ccc([N+](=O)[O-])cc2S(=O)(=O)Nc2ccc(C)cc2C)cc1O.